The van der Waals surface area contributed by atoms with Gasteiger partial charge in [-0.25, -0.2) is 0 Å². The van der Waals surface area contributed by atoms with Gasteiger partial charge in [-0.1, -0.05) is 0 Å². The van der Waals surface area contributed by atoms with Crippen LogP contribution in [0.15, 0.2) is 18.2 Å². The molecule has 0 aliphatic rings. The number of nitro groups is 1. The lowest BCUT2D eigenvalue weighted by atomic mass is 10.2. The maximum Gasteiger partial charge on any atom is 0.319 e. The molecule has 7 heteroatoms. The Balaban J connectivity index is 2.92. The van der Waals surface area contributed by atoms with E-state index in [4.69, 9.17) is 9.84 Å². The zero-order valence-electron chi connectivity index (χ0n) is 10.9. The molecule has 0 spiro atoms. The molecule has 0 radical (unpaired) electrons. The van der Waals surface area contributed by atoms with E-state index >= 15 is 0 Å². The minimum Gasteiger partial charge on any atom is -0.496 e. The normalized spacial score (nSPS) is 11.1. The molecule has 0 heterocycles. The lowest BCUT2D eigenvalue weighted by molar-refractivity contribution is -0.385. The van der Waals surface area contributed by atoms with Crippen LogP contribution in [0.4, 0.5) is 5.69 Å². The molecule has 0 aliphatic carbocycles. The van der Waals surface area contributed by atoms with Gasteiger partial charge in [-0.15, -0.1) is 11.8 Å². The van der Waals surface area contributed by atoms with Crippen LogP contribution in [0.25, 0.3) is 0 Å². The van der Waals surface area contributed by atoms with Crippen molar-refractivity contribution in [3.8, 4) is 5.75 Å². The van der Waals surface area contributed by atoms with Crippen molar-refractivity contribution in [2.75, 3.05) is 7.11 Å². The number of carboxylic acid groups (broad SMARTS) is 1. The van der Waals surface area contributed by atoms with Crippen LogP contribution in [0.5, 0.6) is 5.75 Å². The molecule has 0 fully saturated rings. The molecule has 0 amide bonds. The number of hydrogen-bond acceptors (Lipinski definition) is 5. The number of carboxylic acids is 1. The van der Waals surface area contributed by atoms with E-state index in [1.165, 1.54) is 31.0 Å². The molecule has 0 saturated heterocycles. The predicted octanol–water partition coefficient (Wildman–Crippen LogP) is 2.70. The van der Waals surface area contributed by atoms with Crippen molar-refractivity contribution in [3.63, 3.8) is 0 Å². The Hall–Kier alpha value is -1.76. The van der Waals surface area contributed by atoms with Gasteiger partial charge in [0, 0.05) is 11.8 Å². The average Bonchev–Trinajstić information content (AvgIpc) is 2.35. The van der Waals surface area contributed by atoms with Gasteiger partial charge < -0.3 is 9.84 Å². The standard InChI is InChI=1S/C12H15NO5S/c1-12(2,11(14)15)19-7-8-4-9(13(16)17)6-10(5-8)18-3/h4-6H,7H2,1-3H3,(H,14,15). The van der Waals surface area contributed by atoms with Crippen molar-refractivity contribution in [2.24, 2.45) is 0 Å². The third-order valence-corrected chi connectivity index (χ3v) is 3.89. The van der Waals surface area contributed by atoms with Crippen molar-refractivity contribution in [1.82, 2.24) is 0 Å². The van der Waals surface area contributed by atoms with Gasteiger partial charge >= 0.3 is 5.97 Å². The highest BCUT2D eigenvalue weighted by molar-refractivity contribution is 8.00. The van der Waals surface area contributed by atoms with E-state index < -0.39 is 15.6 Å². The number of nitro benzene ring substituents is 1. The number of aliphatic carboxylic acids is 1. The first-order valence-corrected chi connectivity index (χ1v) is 6.44. The van der Waals surface area contributed by atoms with E-state index in [1.54, 1.807) is 19.9 Å². The van der Waals surface area contributed by atoms with E-state index in [0.29, 0.717) is 17.1 Å². The van der Waals surface area contributed by atoms with Gasteiger partial charge in [-0.3, -0.25) is 14.9 Å². The SMILES string of the molecule is COc1cc(CSC(C)(C)C(=O)O)cc([N+](=O)[O-])c1. The zero-order chi connectivity index (χ0) is 14.6. The van der Waals surface area contributed by atoms with E-state index in [0.717, 1.165) is 0 Å². The minimum absolute atomic E-state index is 0.0666. The molecular formula is C12H15NO5S. The van der Waals surface area contributed by atoms with Crippen molar-refractivity contribution < 1.29 is 19.6 Å². The van der Waals surface area contributed by atoms with E-state index in [-0.39, 0.29) is 5.69 Å². The largest absolute Gasteiger partial charge is 0.496 e. The van der Waals surface area contributed by atoms with Crippen LogP contribution in [0, 0.1) is 10.1 Å². The maximum absolute atomic E-state index is 11.0. The Morgan fingerprint density at radius 3 is 2.58 bits per heavy atom. The van der Waals surface area contributed by atoms with Crippen LogP contribution >= 0.6 is 11.8 Å². The Morgan fingerprint density at radius 2 is 2.11 bits per heavy atom. The van der Waals surface area contributed by atoms with Crippen LogP contribution in [0.1, 0.15) is 19.4 Å². The fourth-order valence-corrected chi connectivity index (χ4v) is 2.09. The summed E-state index contributed by atoms with van der Waals surface area (Å²) in [4.78, 5) is 21.3. The van der Waals surface area contributed by atoms with Crippen molar-refractivity contribution >= 4 is 23.4 Å². The second-order valence-corrected chi connectivity index (χ2v) is 6.00. The molecule has 1 N–H and O–H groups in total. The number of hydrogen-bond donors (Lipinski definition) is 1. The highest BCUT2D eigenvalue weighted by Crippen LogP contribution is 2.31. The summed E-state index contributed by atoms with van der Waals surface area (Å²) in [6.07, 6.45) is 0. The number of methoxy groups -OCH3 is 1. The number of benzene rings is 1. The Morgan fingerprint density at radius 1 is 1.47 bits per heavy atom. The first kappa shape index (κ1) is 15.3. The lowest BCUT2D eigenvalue weighted by Gasteiger charge is -2.18. The second-order valence-electron chi connectivity index (χ2n) is 4.40. The van der Waals surface area contributed by atoms with Crippen molar-refractivity contribution in [3.05, 3.63) is 33.9 Å². The number of carbonyl (C=O) groups is 1. The minimum atomic E-state index is -0.947. The molecule has 1 rings (SSSR count). The number of non-ortho nitro benzene ring substituents is 1. The topological polar surface area (TPSA) is 89.7 Å². The Kier molecular flexibility index (Phi) is 4.77. The molecule has 0 unspecified atom stereocenters. The van der Waals surface area contributed by atoms with Crippen molar-refractivity contribution in [2.45, 2.75) is 24.3 Å². The fourth-order valence-electron chi connectivity index (χ4n) is 1.28. The van der Waals surface area contributed by atoms with Gasteiger partial charge in [0.25, 0.3) is 5.69 Å². The summed E-state index contributed by atoms with van der Waals surface area (Å²) in [6, 6.07) is 4.42. The van der Waals surface area contributed by atoms with E-state index in [1.807, 2.05) is 0 Å². The molecule has 0 bridgehead atoms. The Bertz CT molecular complexity index is 501. The molecule has 0 saturated carbocycles. The van der Waals surface area contributed by atoms with Gasteiger partial charge in [0.05, 0.1) is 18.1 Å². The van der Waals surface area contributed by atoms with Crippen LogP contribution in [0.2, 0.25) is 0 Å². The van der Waals surface area contributed by atoms with Crippen LogP contribution in [-0.4, -0.2) is 27.9 Å². The summed E-state index contributed by atoms with van der Waals surface area (Å²) in [5.41, 5.74) is 0.591. The maximum atomic E-state index is 11.0. The van der Waals surface area contributed by atoms with Crippen molar-refractivity contribution in [1.29, 1.82) is 0 Å². The molecule has 0 aliphatic heterocycles. The number of rotatable bonds is 6. The smallest absolute Gasteiger partial charge is 0.319 e. The molecule has 0 atom stereocenters. The number of ether oxygens (including phenoxy) is 1. The fraction of sp³-hybridized carbons (Fsp3) is 0.417. The van der Waals surface area contributed by atoms with E-state index in [9.17, 15) is 14.9 Å². The third kappa shape index (κ3) is 4.13. The summed E-state index contributed by atoms with van der Waals surface area (Å²) < 4.78 is 4.05. The molecule has 0 aromatic heterocycles. The molecule has 1 aromatic carbocycles. The summed E-state index contributed by atoms with van der Waals surface area (Å²) in [5, 5.41) is 19.8. The number of nitrogens with zero attached hydrogens (tertiary/aromatic N) is 1. The van der Waals surface area contributed by atoms with Gasteiger partial charge in [-0.05, 0) is 25.5 Å². The van der Waals surface area contributed by atoms with Gasteiger partial charge in [0.15, 0.2) is 0 Å². The average molecular weight is 285 g/mol. The summed E-state index contributed by atoms with van der Waals surface area (Å²) in [7, 11) is 1.43. The van der Waals surface area contributed by atoms with E-state index in [2.05, 4.69) is 0 Å². The highest BCUT2D eigenvalue weighted by atomic mass is 32.2. The van der Waals surface area contributed by atoms with Crippen LogP contribution in [-0.2, 0) is 10.5 Å². The lowest BCUT2D eigenvalue weighted by Crippen LogP contribution is -2.27. The summed E-state index contributed by atoms with van der Waals surface area (Å²) >= 11 is 1.20. The monoisotopic (exact) mass is 285 g/mol. The second kappa shape index (κ2) is 5.92. The van der Waals surface area contributed by atoms with Crippen LogP contribution < -0.4 is 4.74 Å². The van der Waals surface area contributed by atoms with Gasteiger partial charge in [-0.2, -0.15) is 0 Å². The highest BCUT2D eigenvalue weighted by Gasteiger charge is 2.27. The summed E-state index contributed by atoms with van der Waals surface area (Å²) in [5.74, 6) is -0.176. The molecule has 19 heavy (non-hydrogen) atoms. The predicted molar refractivity (Wildman–Crippen MR) is 72.7 cm³/mol. The van der Waals surface area contributed by atoms with Gasteiger partial charge in [0.2, 0.25) is 0 Å². The molecule has 6 nitrogen and oxygen atoms in total. The molecular weight excluding hydrogens is 270 g/mol. The number of thioether (sulfide) groups is 1. The molecule has 104 valence electrons. The third-order valence-electron chi connectivity index (χ3n) is 2.51. The first-order valence-electron chi connectivity index (χ1n) is 5.46. The Labute approximate surface area is 114 Å². The van der Waals surface area contributed by atoms with Crippen LogP contribution in [0.3, 0.4) is 0 Å². The van der Waals surface area contributed by atoms with Gasteiger partial charge in [0.1, 0.15) is 10.5 Å². The summed E-state index contributed by atoms with van der Waals surface area (Å²) in [6.45, 7) is 3.18. The first-order chi connectivity index (χ1) is 8.76. The zero-order valence-corrected chi connectivity index (χ0v) is 11.7. The molecule has 1 aromatic rings. The quantitative estimate of drug-likeness (QED) is 0.638.